The molecule has 0 radical (unpaired) electrons. The molecule has 0 aliphatic carbocycles. The van der Waals surface area contributed by atoms with Gasteiger partial charge in [-0.1, -0.05) is 76.4 Å². The zero-order chi connectivity index (χ0) is 12.9. The van der Waals surface area contributed by atoms with Crippen molar-refractivity contribution in [3.05, 3.63) is 11.6 Å². The van der Waals surface area contributed by atoms with Gasteiger partial charge in [-0.2, -0.15) is 0 Å². The molecule has 0 rings (SSSR count). The van der Waals surface area contributed by atoms with Crippen molar-refractivity contribution in [3.8, 4) is 0 Å². The van der Waals surface area contributed by atoms with Crippen molar-refractivity contribution < 1.29 is 5.11 Å². The summed E-state index contributed by atoms with van der Waals surface area (Å²) in [7, 11) is 0. The predicted molar refractivity (Wildman–Crippen MR) is 77.3 cm³/mol. The van der Waals surface area contributed by atoms with E-state index in [-0.39, 0.29) is 6.10 Å². The van der Waals surface area contributed by atoms with Crippen molar-refractivity contribution in [3.63, 3.8) is 0 Å². The molecule has 0 heterocycles. The Morgan fingerprint density at radius 1 is 0.882 bits per heavy atom. The number of hydrogen-bond acceptors (Lipinski definition) is 1. The molecule has 0 aromatic heterocycles. The van der Waals surface area contributed by atoms with Crippen molar-refractivity contribution in [1.29, 1.82) is 0 Å². The van der Waals surface area contributed by atoms with Crippen molar-refractivity contribution in [1.82, 2.24) is 0 Å². The number of hydrogen-bond donors (Lipinski definition) is 1. The average Bonchev–Trinajstić information content (AvgIpc) is 2.26. The molecule has 0 fully saturated rings. The normalized spacial score (nSPS) is 12.5. The van der Waals surface area contributed by atoms with Gasteiger partial charge in [-0.15, -0.1) is 0 Å². The lowest BCUT2D eigenvalue weighted by Crippen LogP contribution is -2.02. The van der Waals surface area contributed by atoms with E-state index in [0.29, 0.717) is 0 Å². The zero-order valence-electron chi connectivity index (χ0n) is 12.2. The molecule has 102 valence electrons. The fraction of sp³-hybridized carbons (Fsp3) is 0.875. The van der Waals surface area contributed by atoms with Gasteiger partial charge < -0.3 is 5.11 Å². The van der Waals surface area contributed by atoms with Crippen LogP contribution < -0.4 is 0 Å². The third-order valence-corrected chi connectivity index (χ3v) is 3.13. The topological polar surface area (TPSA) is 20.2 Å². The first-order valence-corrected chi connectivity index (χ1v) is 7.50. The van der Waals surface area contributed by atoms with E-state index in [1.807, 2.05) is 19.9 Å². The molecule has 0 aromatic carbocycles. The smallest absolute Gasteiger partial charge is 0.0723 e. The van der Waals surface area contributed by atoms with Crippen LogP contribution in [0.1, 0.15) is 85.0 Å². The average molecular weight is 240 g/mol. The van der Waals surface area contributed by atoms with Gasteiger partial charge in [0.15, 0.2) is 0 Å². The lowest BCUT2D eigenvalue weighted by atomic mass is 10.0. The number of rotatable bonds is 11. The number of allylic oxidation sites excluding steroid dienone is 1. The summed E-state index contributed by atoms with van der Waals surface area (Å²) in [5.41, 5.74) is 1.22. The summed E-state index contributed by atoms with van der Waals surface area (Å²) in [4.78, 5) is 0. The standard InChI is InChI=1S/C16H32O/c1-4-5-6-7-8-9-10-11-12-13-16(17)14-15(2)3/h14,16-17H,4-13H2,1-3H3. The molecule has 0 aromatic rings. The molecule has 1 N–H and O–H groups in total. The molecular weight excluding hydrogens is 208 g/mol. The summed E-state index contributed by atoms with van der Waals surface area (Å²) in [6, 6.07) is 0. The highest BCUT2D eigenvalue weighted by molar-refractivity contribution is 4.97. The van der Waals surface area contributed by atoms with Gasteiger partial charge in [-0.05, 0) is 20.3 Å². The largest absolute Gasteiger partial charge is 0.389 e. The highest BCUT2D eigenvalue weighted by Gasteiger charge is 1.99. The van der Waals surface area contributed by atoms with E-state index in [0.717, 1.165) is 6.42 Å². The first kappa shape index (κ1) is 16.7. The van der Waals surface area contributed by atoms with E-state index >= 15 is 0 Å². The summed E-state index contributed by atoms with van der Waals surface area (Å²) in [5, 5.41) is 9.64. The van der Waals surface area contributed by atoms with Crippen molar-refractivity contribution in [2.45, 2.75) is 91.1 Å². The highest BCUT2D eigenvalue weighted by Crippen LogP contribution is 2.12. The van der Waals surface area contributed by atoms with Crippen LogP contribution in [0.25, 0.3) is 0 Å². The first-order chi connectivity index (χ1) is 8.16. The molecule has 0 amide bonds. The Morgan fingerprint density at radius 2 is 1.35 bits per heavy atom. The SMILES string of the molecule is CCCCCCCCCCCC(O)C=C(C)C. The summed E-state index contributed by atoms with van der Waals surface area (Å²) in [5.74, 6) is 0. The van der Waals surface area contributed by atoms with Crippen molar-refractivity contribution in [2.24, 2.45) is 0 Å². The Morgan fingerprint density at radius 3 is 1.82 bits per heavy atom. The summed E-state index contributed by atoms with van der Waals surface area (Å²) < 4.78 is 0. The van der Waals surface area contributed by atoms with E-state index in [2.05, 4.69) is 6.92 Å². The van der Waals surface area contributed by atoms with Gasteiger partial charge in [0.05, 0.1) is 6.10 Å². The second kappa shape index (κ2) is 12.2. The minimum Gasteiger partial charge on any atom is -0.389 e. The predicted octanol–water partition coefficient (Wildman–Crippen LogP) is 5.23. The lowest BCUT2D eigenvalue weighted by molar-refractivity contribution is 0.207. The van der Waals surface area contributed by atoms with Gasteiger partial charge in [-0.25, -0.2) is 0 Å². The molecule has 0 spiro atoms. The van der Waals surface area contributed by atoms with Gasteiger partial charge >= 0.3 is 0 Å². The van der Waals surface area contributed by atoms with Crippen LogP contribution in [-0.2, 0) is 0 Å². The Balaban J connectivity index is 3.16. The van der Waals surface area contributed by atoms with Crippen LogP contribution in [0, 0.1) is 0 Å². The van der Waals surface area contributed by atoms with Crippen LogP contribution in [0.4, 0.5) is 0 Å². The Hall–Kier alpha value is -0.300. The van der Waals surface area contributed by atoms with E-state index in [4.69, 9.17) is 0 Å². The van der Waals surface area contributed by atoms with Crippen molar-refractivity contribution in [2.75, 3.05) is 0 Å². The third kappa shape index (κ3) is 13.6. The Labute approximate surface area is 108 Å². The Kier molecular flexibility index (Phi) is 12.0. The van der Waals surface area contributed by atoms with Crippen LogP contribution in [-0.4, -0.2) is 11.2 Å². The number of aliphatic hydroxyl groups excluding tert-OH is 1. The molecule has 1 nitrogen and oxygen atoms in total. The van der Waals surface area contributed by atoms with Gasteiger partial charge in [0, 0.05) is 0 Å². The fourth-order valence-electron chi connectivity index (χ4n) is 2.13. The number of unbranched alkanes of at least 4 members (excludes halogenated alkanes) is 8. The summed E-state index contributed by atoms with van der Waals surface area (Å²) >= 11 is 0. The van der Waals surface area contributed by atoms with Crippen molar-refractivity contribution >= 4 is 0 Å². The second-order valence-corrected chi connectivity index (χ2v) is 5.43. The van der Waals surface area contributed by atoms with Crippen LogP contribution in [0.2, 0.25) is 0 Å². The van der Waals surface area contributed by atoms with Crippen LogP contribution in [0.15, 0.2) is 11.6 Å². The molecule has 17 heavy (non-hydrogen) atoms. The lowest BCUT2D eigenvalue weighted by Gasteiger charge is -2.06. The maximum Gasteiger partial charge on any atom is 0.0723 e. The zero-order valence-corrected chi connectivity index (χ0v) is 12.2. The van der Waals surface area contributed by atoms with E-state index in [1.54, 1.807) is 0 Å². The van der Waals surface area contributed by atoms with Crippen LogP contribution in [0.5, 0.6) is 0 Å². The monoisotopic (exact) mass is 240 g/mol. The molecular formula is C16H32O. The van der Waals surface area contributed by atoms with Crippen LogP contribution >= 0.6 is 0 Å². The minimum atomic E-state index is -0.218. The minimum absolute atomic E-state index is 0.218. The van der Waals surface area contributed by atoms with Crippen LogP contribution in [0.3, 0.4) is 0 Å². The van der Waals surface area contributed by atoms with E-state index in [9.17, 15) is 5.11 Å². The second-order valence-electron chi connectivity index (χ2n) is 5.43. The highest BCUT2D eigenvalue weighted by atomic mass is 16.3. The molecule has 0 aliphatic heterocycles. The van der Waals surface area contributed by atoms with Gasteiger partial charge in [0.25, 0.3) is 0 Å². The summed E-state index contributed by atoms with van der Waals surface area (Å²) in [6.07, 6.45) is 14.8. The fourth-order valence-corrected chi connectivity index (χ4v) is 2.13. The molecule has 0 aliphatic rings. The number of aliphatic hydroxyl groups is 1. The first-order valence-electron chi connectivity index (χ1n) is 7.50. The molecule has 1 atom stereocenters. The maximum absolute atomic E-state index is 9.64. The van der Waals surface area contributed by atoms with Gasteiger partial charge in [0.1, 0.15) is 0 Å². The molecule has 0 bridgehead atoms. The molecule has 0 saturated heterocycles. The quantitative estimate of drug-likeness (QED) is 0.387. The van der Waals surface area contributed by atoms with Gasteiger partial charge in [-0.3, -0.25) is 0 Å². The third-order valence-electron chi connectivity index (χ3n) is 3.13. The molecule has 1 unspecified atom stereocenters. The summed E-state index contributed by atoms with van der Waals surface area (Å²) in [6.45, 7) is 6.34. The molecule has 0 saturated carbocycles. The van der Waals surface area contributed by atoms with E-state index < -0.39 is 0 Å². The maximum atomic E-state index is 9.64. The molecule has 1 heteroatoms. The van der Waals surface area contributed by atoms with E-state index in [1.165, 1.54) is 63.4 Å². The Bertz CT molecular complexity index is 180. The van der Waals surface area contributed by atoms with Gasteiger partial charge in [0.2, 0.25) is 0 Å².